The molecule has 3 atom stereocenters. The Morgan fingerprint density at radius 2 is 1.13 bits per heavy atom. The Balaban J connectivity index is 0. The third-order valence-corrected chi connectivity index (χ3v) is 9.13. The molecule has 52 heavy (non-hydrogen) atoms. The van der Waals surface area contributed by atoms with Gasteiger partial charge in [0.2, 0.25) is 0 Å². The van der Waals surface area contributed by atoms with Crippen molar-refractivity contribution < 1.29 is 41.5 Å². The summed E-state index contributed by atoms with van der Waals surface area (Å²) in [4.78, 5) is 24.2. The Labute approximate surface area is 350 Å². The average Bonchev–Trinajstić information content (AvgIpc) is 3.09. The molecule has 2 aromatic rings. The average molecular weight is 793 g/mol. The molecule has 0 fully saturated rings. The van der Waals surface area contributed by atoms with E-state index >= 15 is 0 Å². The van der Waals surface area contributed by atoms with E-state index in [9.17, 15) is 22.6 Å². The van der Waals surface area contributed by atoms with Crippen molar-refractivity contribution in [3.8, 4) is 11.5 Å². The minimum atomic E-state index is -4.76. The van der Waals surface area contributed by atoms with Crippen molar-refractivity contribution in [1.29, 1.82) is 0 Å². The number of carbonyl (C=O) groups excluding carboxylic acids is 2. The van der Waals surface area contributed by atoms with E-state index in [0.717, 1.165) is 74.2 Å². The molecule has 3 unspecified atom stereocenters. The molecule has 0 spiro atoms. The number of hydrogen-bond acceptors (Lipinski definition) is 9. The van der Waals surface area contributed by atoms with E-state index in [1.807, 2.05) is 76.2 Å². The van der Waals surface area contributed by atoms with Crippen LogP contribution in [0.4, 0.5) is 11.4 Å². The number of unbranched alkanes of at least 4 members (excludes halogenated alkanes) is 2. The summed E-state index contributed by atoms with van der Waals surface area (Å²) in [6.45, 7) is 13.6. The molecular formula is C37H62AlN2NaO9S2. The zero-order valence-corrected chi connectivity index (χ0v) is 32.2. The van der Waals surface area contributed by atoms with Gasteiger partial charge < -0.3 is 29.6 Å². The summed E-state index contributed by atoms with van der Waals surface area (Å²) in [6, 6.07) is 15.3. The molecule has 0 heterocycles. The van der Waals surface area contributed by atoms with Gasteiger partial charge in [0.05, 0.1) is 32.8 Å². The monoisotopic (exact) mass is 792 g/mol. The molecule has 0 aliphatic carbocycles. The van der Waals surface area contributed by atoms with Crippen molar-refractivity contribution >= 4 is 97.7 Å². The summed E-state index contributed by atoms with van der Waals surface area (Å²) in [5, 5.41) is 4.86. The Kier molecular flexibility index (Phi) is 30.6. The van der Waals surface area contributed by atoms with Crippen molar-refractivity contribution in [3.05, 3.63) is 48.5 Å². The SMILES string of the molecule is CCCCC(CC)COC(=O)CC(C(=O)OCC(CC)CCCC)S(=O)(=O)O.CCOc1ccc(NC(=S)Nc2ccc(OCC)cc2)cc1.[AlH3].[NaH]. The molecule has 0 aromatic heterocycles. The van der Waals surface area contributed by atoms with Gasteiger partial charge in [-0.1, -0.05) is 66.2 Å². The number of benzene rings is 2. The fourth-order valence-corrected chi connectivity index (χ4v) is 5.61. The normalized spacial score (nSPS) is 12.2. The number of esters is 2. The molecule has 0 amide bonds. The van der Waals surface area contributed by atoms with Gasteiger partial charge in [-0.2, -0.15) is 8.42 Å². The van der Waals surface area contributed by atoms with Crippen LogP contribution in [0.5, 0.6) is 11.5 Å². The van der Waals surface area contributed by atoms with E-state index in [2.05, 4.69) is 24.5 Å². The number of thiocarbonyl (C=S) groups is 1. The summed E-state index contributed by atoms with van der Waals surface area (Å²) in [6.07, 6.45) is 6.74. The number of carbonyl (C=O) groups is 2. The fourth-order valence-electron chi connectivity index (χ4n) is 4.72. The quantitative estimate of drug-likeness (QED) is 0.0510. The van der Waals surface area contributed by atoms with Crippen LogP contribution in [0.15, 0.2) is 48.5 Å². The van der Waals surface area contributed by atoms with E-state index < -0.39 is 33.7 Å². The number of rotatable bonds is 22. The van der Waals surface area contributed by atoms with Crippen LogP contribution in [0.2, 0.25) is 0 Å². The number of anilines is 2. The molecule has 0 aliphatic heterocycles. The van der Waals surface area contributed by atoms with Crippen LogP contribution < -0.4 is 20.1 Å². The van der Waals surface area contributed by atoms with Crippen molar-refractivity contribution in [2.45, 2.75) is 105 Å². The second kappa shape index (κ2) is 30.4. The maximum atomic E-state index is 12.2. The first-order chi connectivity index (χ1) is 23.9. The van der Waals surface area contributed by atoms with Crippen LogP contribution in [0.1, 0.15) is 99.3 Å². The molecule has 290 valence electrons. The number of ether oxygens (including phenoxy) is 4. The minimum absolute atomic E-state index is 0. The van der Waals surface area contributed by atoms with Crippen molar-refractivity contribution in [3.63, 3.8) is 0 Å². The van der Waals surface area contributed by atoms with E-state index in [-0.39, 0.29) is 72.0 Å². The third kappa shape index (κ3) is 23.0. The number of hydrogen-bond donors (Lipinski definition) is 3. The zero-order valence-electron chi connectivity index (χ0n) is 30.6. The van der Waals surface area contributed by atoms with Crippen LogP contribution in [-0.2, 0) is 29.2 Å². The molecule has 11 nitrogen and oxygen atoms in total. The van der Waals surface area contributed by atoms with Crippen molar-refractivity contribution in [1.82, 2.24) is 0 Å². The molecule has 0 radical (unpaired) electrons. The Hall–Kier alpha value is -1.89. The molecule has 3 N–H and O–H groups in total. The Morgan fingerprint density at radius 3 is 1.48 bits per heavy atom. The van der Waals surface area contributed by atoms with Gasteiger partial charge in [0, 0.05) is 11.4 Å². The van der Waals surface area contributed by atoms with Crippen molar-refractivity contribution in [2.75, 3.05) is 37.1 Å². The second-order valence-corrected chi connectivity index (χ2v) is 13.9. The van der Waals surface area contributed by atoms with Gasteiger partial charge >= 0.3 is 41.5 Å². The van der Waals surface area contributed by atoms with E-state index in [4.69, 9.17) is 31.2 Å². The Bertz CT molecular complexity index is 1310. The summed E-state index contributed by atoms with van der Waals surface area (Å²) in [5.41, 5.74) is 1.82. The van der Waals surface area contributed by atoms with Crippen LogP contribution in [0.3, 0.4) is 0 Å². The molecule has 0 saturated carbocycles. The summed E-state index contributed by atoms with van der Waals surface area (Å²) >= 11 is 5.30. The molecule has 15 heteroatoms. The van der Waals surface area contributed by atoms with E-state index in [1.54, 1.807) is 0 Å². The van der Waals surface area contributed by atoms with Gasteiger partial charge in [0.25, 0.3) is 10.1 Å². The molecule has 0 aliphatic rings. The van der Waals surface area contributed by atoms with Gasteiger partial charge in [0.1, 0.15) is 11.5 Å². The standard InChI is InChI=1S/C20H38O7S.C17H20N2O2S.Al.Na.4H/c1-5-9-11-16(7-3)14-26-19(21)13-18(28(23,24)25)20(22)27-15-17(8-4)12-10-6-2;1-3-20-15-9-5-13(6-10-15)18-17(22)19-14-7-11-16(12-8-14)21-4-2;;;;;;/h16-18H,5-15H2,1-4H3,(H,23,24,25);5-12H,3-4H2,1-2H3,(H2,18,19,22);;;;;;. The zero-order chi connectivity index (χ0) is 37.4. The molecule has 0 bridgehead atoms. The van der Waals surface area contributed by atoms with Gasteiger partial charge in [-0.15, -0.1) is 0 Å². The first-order valence-corrected chi connectivity index (χ1v) is 19.6. The molecule has 2 rings (SSSR count). The third-order valence-electron chi connectivity index (χ3n) is 7.85. The predicted octanol–water partition coefficient (Wildman–Crippen LogP) is 6.61. The van der Waals surface area contributed by atoms with Gasteiger partial charge in [-0.05, 0) is 99.3 Å². The number of nitrogens with one attached hydrogen (secondary N) is 2. The molecule has 0 saturated heterocycles. The first kappa shape index (κ1) is 52.2. The second-order valence-electron chi connectivity index (χ2n) is 11.8. The van der Waals surface area contributed by atoms with Crippen LogP contribution >= 0.6 is 12.2 Å². The summed E-state index contributed by atoms with van der Waals surface area (Å²) < 4.78 is 53.6. The molecule has 2 aromatic carbocycles. The predicted molar refractivity (Wildman–Crippen MR) is 221 cm³/mol. The topological polar surface area (TPSA) is 149 Å². The van der Waals surface area contributed by atoms with E-state index in [1.165, 1.54) is 0 Å². The van der Waals surface area contributed by atoms with Crippen LogP contribution in [0.25, 0.3) is 0 Å². The first-order valence-electron chi connectivity index (χ1n) is 17.7. The van der Waals surface area contributed by atoms with Crippen molar-refractivity contribution in [2.24, 2.45) is 11.8 Å². The van der Waals surface area contributed by atoms with Gasteiger partial charge in [0.15, 0.2) is 27.7 Å². The molecular weight excluding hydrogens is 731 g/mol. The van der Waals surface area contributed by atoms with Crippen LogP contribution in [0, 0.1) is 11.8 Å². The van der Waals surface area contributed by atoms with Gasteiger partial charge in [-0.3, -0.25) is 14.1 Å². The van der Waals surface area contributed by atoms with E-state index in [0.29, 0.717) is 18.3 Å². The summed E-state index contributed by atoms with van der Waals surface area (Å²) in [7, 11) is -4.76. The Morgan fingerprint density at radius 1 is 0.731 bits per heavy atom. The maximum absolute atomic E-state index is 12.2. The van der Waals surface area contributed by atoms with Crippen LogP contribution in [-0.4, -0.2) is 109 Å². The fraction of sp³-hybridized carbons (Fsp3) is 0.595. The van der Waals surface area contributed by atoms with Gasteiger partial charge in [-0.25, -0.2) is 0 Å². The summed E-state index contributed by atoms with van der Waals surface area (Å²) in [5.74, 6) is 0.0857.